The minimum absolute atomic E-state index is 0.470. The van der Waals surface area contributed by atoms with Crippen LogP contribution in [-0.2, 0) is 0 Å². The molecule has 0 unspecified atom stereocenters. The second-order valence-electron chi connectivity index (χ2n) is 3.38. The number of anilines is 1. The Labute approximate surface area is 109 Å². The van der Waals surface area contributed by atoms with Crippen LogP contribution in [0.1, 0.15) is 0 Å². The number of rotatable bonds is 2. The van der Waals surface area contributed by atoms with Gasteiger partial charge >= 0.3 is 0 Å². The minimum atomic E-state index is 0.470. The summed E-state index contributed by atoms with van der Waals surface area (Å²) in [7, 11) is 0. The van der Waals surface area contributed by atoms with Crippen molar-refractivity contribution in [3.8, 4) is 0 Å². The second kappa shape index (κ2) is 5.17. The summed E-state index contributed by atoms with van der Waals surface area (Å²) >= 11 is 11.6. The Balaban J connectivity index is 2.20. The average Bonchev–Trinajstić information content (AvgIpc) is 2.33. The molecule has 0 aromatic heterocycles. The third-order valence-corrected chi connectivity index (χ3v) is 2.67. The predicted octanol–water partition coefficient (Wildman–Crippen LogP) is 4.99. The van der Waals surface area contributed by atoms with Crippen LogP contribution in [0, 0.1) is 0 Å². The van der Waals surface area contributed by atoms with Crippen LogP contribution in [0.25, 0.3) is 0 Å². The molecule has 2 aromatic rings. The first-order chi connectivity index (χ1) is 8.15. The Morgan fingerprint density at radius 2 is 1.41 bits per heavy atom. The second-order valence-corrected chi connectivity index (χ2v) is 4.23. The van der Waals surface area contributed by atoms with E-state index in [-0.39, 0.29) is 0 Å². The lowest BCUT2D eigenvalue weighted by atomic mass is 10.3. The number of nitrogens with two attached hydrogens (primary N) is 1. The number of nitrogen functional groups attached to an aromatic ring is 1. The van der Waals surface area contributed by atoms with Gasteiger partial charge in [-0.3, -0.25) is 0 Å². The third kappa shape index (κ3) is 3.19. The van der Waals surface area contributed by atoms with Crippen LogP contribution in [0.5, 0.6) is 0 Å². The van der Waals surface area contributed by atoms with Crippen LogP contribution in [0.4, 0.5) is 17.1 Å². The van der Waals surface area contributed by atoms with Crippen LogP contribution in [-0.4, -0.2) is 0 Å². The van der Waals surface area contributed by atoms with Gasteiger partial charge in [-0.05, 0) is 42.5 Å². The van der Waals surface area contributed by atoms with Crippen molar-refractivity contribution in [3.05, 3.63) is 52.5 Å². The predicted molar refractivity (Wildman–Crippen MR) is 71.5 cm³/mol. The average molecular weight is 266 g/mol. The van der Waals surface area contributed by atoms with Crippen molar-refractivity contribution in [1.82, 2.24) is 0 Å². The fourth-order valence-electron chi connectivity index (χ4n) is 1.20. The van der Waals surface area contributed by atoms with Gasteiger partial charge in [0.15, 0.2) is 0 Å². The molecule has 0 amide bonds. The van der Waals surface area contributed by atoms with Crippen LogP contribution in [0.15, 0.2) is 52.7 Å². The van der Waals surface area contributed by atoms with Crippen molar-refractivity contribution >= 4 is 40.3 Å². The summed E-state index contributed by atoms with van der Waals surface area (Å²) < 4.78 is 0. The summed E-state index contributed by atoms with van der Waals surface area (Å²) in [6.07, 6.45) is 0. The molecule has 5 heteroatoms. The maximum absolute atomic E-state index is 5.87. The van der Waals surface area contributed by atoms with Crippen molar-refractivity contribution < 1.29 is 0 Å². The molecule has 0 heterocycles. The fourth-order valence-corrected chi connectivity index (χ4v) is 1.50. The Bertz CT molecular complexity index is 550. The number of halogens is 2. The summed E-state index contributed by atoms with van der Waals surface area (Å²) in [5.74, 6) is 0. The van der Waals surface area contributed by atoms with Crippen LogP contribution in [0.3, 0.4) is 0 Å². The smallest absolute Gasteiger partial charge is 0.0873 e. The first kappa shape index (κ1) is 11.9. The van der Waals surface area contributed by atoms with E-state index in [1.807, 2.05) is 0 Å². The third-order valence-electron chi connectivity index (χ3n) is 2.09. The quantitative estimate of drug-likeness (QED) is 0.604. The first-order valence-electron chi connectivity index (χ1n) is 4.87. The zero-order valence-electron chi connectivity index (χ0n) is 8.77. The van der Waals surface area contributed by atoms with E-state index in [0.29, 0.717) is 21.4 Å². The maximum atomic E-state index is 5.87. The molecule has 2 rings (SSSR count). The van der Waals surface area contributed by atoms with Crippen molar-refractivity contribution in [3.63, 3.8) is 0 Å². The Hall–Kier alpha value is -1.58. The van der Waals surface area contributed by atoms with E-state index in [1.54, 1.807) is 42.5 Å². The van der Waals surface area contributed by atoms with Gasteiger partial charge in [0.2, 0.25) is 0 Å². The zero-order valence-corrected chi connectivity index (χ0v) is 10.3. The highest BCUT2D eigenvalue weighted by Crippen LogP contribution is 2.26. The molecule has 2 N–H and O–H groups in total. The van der Waals surface area contributed by atoms with Crippen molar-refractivity contribution in [2.45, 2.75) is 0 Å². The Morgan fingerprint density at radius 3 is 2.06 bits per heavy atom. The van der Waals surface area contributed by atoms with Crippen LogP contribution >= 0.6 is 23.2 Å². The lowest BCUT2D eigenvalue weighted by molar-refractivity contribution is 1.23. The molecule has 3 nitrogen and oxygen atoms in total. The molecule has 0 spiro atoms. The van der Waals surface area contributed by atoms with Crippen molar-refractivity contribution in [1.29, 1.82) is 0 Å². The molecule has 0 aliphatic rings. The fraction of sp³-hybridized carbons (Fsp3) is 0. The molecule has 0 radical (unpaired) electrons. The standard InChI is InChI=1S/C12H9Cl2N3/c13-8-1-3-9(4-2-8)16-17-10-5-6-12(15)11(14)7-10/h1-7H,15H2/b17-16+. The molecule has 0 atom stereocenters. The largest absolute Gasteiger partial charge is 0.398 e. The van der Waals surface area contributed by atoms with E-state index in [1.165, 1.54) is 0 Å². The van der Waals surface area contributed by atoms with Gasteiger partial charge < -0.3 is 5.73 Å². The summed E-state index contributed by atoms with van der Waals surface area (Å²) in [6, 6.07) is 12.2. The monoisotopic (exact) mass is 265 g/mol. The summed E-state index contributed by atoms with van der Waals surface area (Å²) in [4.78, 5) is 0. The molecule has 0 saturated heterocycles. The molecular weight excluding hydrogens is 257 g/mol. The zero-order chi connectivity index (χ0) is 12.3. The van der Waals surface area contributed by atoms with Gasteiger partial charge in [-0.15, -0.1) is 0 Å². The normalized spacial score (nSPS) is 10.9. The Morgan fingerprint density at radius 1 is 0.824 bits per heavy atom. The number of benzene rings is 2. The summed E-state index contributed by atoms with van der Waals surface area (Å²) in [5.41, 5.74) is 7.50. The SMILES string of the molecule is Nc1ccc(/N=N/c2ccc(Cl)cc2)cc1Cl. The summed E-state index contributed by atoms with van der Waals surface area (Å²) in [5, 5.41) is 9.24. The topological polar surface area (TPSA) is 50.7 Å². The summed E-state index contributed by atoms with van der Waals surface area (Å²) in [6.45, 7) is 0. The number of nitrogens with zero attached hydrogens (tertiary/aromatic N) is 2. The first-order valence-corrected chi connectivity index (χ1v) is 5.63. The lowest BCUT2D eigenvalue weighted by Gasteiger charge is -1.98. The van der Waals surface area contributed by atoms with E-state index in [4.69, 9.17) is 28.9 Å². The van der Waals surface area contributed by atoms with Gasteiger partial charge in [0.25, 0.3) is 0 Å². The van der Waals surface area contributed by atoms with Gasteiger partial charge in [-0.25, -0.2) is 0 Å². The molecule has 86 valence electrons. The number of hydrogen-bond donors (Lipinski definition) is 1. The highest BCUT2D eigenvalue weighted by atomic mass is 35.5. The molecule has 0 saturated carbocycles. The van der Waals surface area contributed by atoms with E-state index >= 15 is 0 Å². The Kier molecular flexibility index (Phi) is 3.61. The molecule has 0 aliphatic heterocycles. The van der Waals surface area contributed by atoms with Crippen LogP contribution < -0.4 is 5.73 Å². The molecule has 2 aromatic carbocycles. The lowest BCUT2D eigenvalue weighted by Crippen LogP contribution is -1.83. The van der Waals surface area contributed by atoms with Crippen molar-refractivity contribution in [2.75, 3.05) is 5.73 Å². The van der Waals surface area contributed by atoms with Gasteiger partial charge in [0, 0.05) is 5.02 Å². The van der Waals surface area contributed by atoms with Gasteiger partial charge in [-0.1, -0.05) is 23.2 Å². The number of azo groups is 1. The van der Waals surface area contributed by atoms with Gasteiger partial charge in [0.05, 0.1) is 22.1 Å². The molecule has 0 fully saturated rings. The maximum Gasteiger partial charge on any atom is 0.0873 e. The molecule has 0 bridgehead atoms. The van der Waals surface area contributed by atoms with E-state index in [2.05, 4.69) is 10.2 Å². The van der Waals surface area contributed by atoms with E-state index in [0.717, 1.165) is 5.69 Å². The molecular formula is C12H9Cl2N3. The molecule has 0 aliphatic carbocycles. The van der Waals surface area contributed by atoms with Gasteiger partial charge in [-0.2, -0.15) is 10.2 Å². The van der Waals surface area contributed by atoms with Crippen molar-refractivity contribution in [2.24, 2.45) is 10.2 Å². The highest BCUT2D eigenvalue weighted by molar-refractivity contribution is 6.33. The van der Waals surface area contributed by atoms with E-state index < -0.39 is 0 Å². The highest BCUT2D eigenvalue weighted by Gasteiger charge is 1.97. The minimum Gasteiger partial charge on any atom is -0.398 e. The van der Waals surface area contributed by atoms with E-state index in [9.17, 15) is 0 Å². The number of hydrogen-bond acceptors (Lipinski definition) is 3. The van der Waals surface area contributed by atoms with Gasteiger partial charge in [0.1, 0.15) is 0 Å². The molecule has 17 heavy (non-hydrogen) atoms. The van der Waals surface area contributed by atoms with Crippen LogP contribution in [0.2, 0.25) is 10.0 Å².